The van der Waals surface area contributed by atoms with Crippen LogP contribution < -0.4 is 5.73 Å². The third-order valence-corrected chi connectivity index (χ3v) is 4.15. The molecule has 1 fully saturated rings. The van der Waals surface area contributed by atoms with E-state index in [2.05, 4.69) is 19.9 Å². The van der Waals surface area contributed by atoms with Crippen LogP contribution in [0.4, 0.5) is 5.69 Å². The standard InChI is InChI=1S/C16H24N4O/c1-3-5-15-14(18)8-13(9-17)20(15)11-16(21)19-7-4-6-12(2)10-19/h8,12H,3-7,10-11,18H2,1-2H3/t12-/m0/s1. The number of nitrogen functional groups attached to an aromatic ring is 1. The molecule has 1 saturated heterocycles. The summed E-state index contributed by atoms with van der Waals surface area (Å²) in [7, 11) is 0. The molecular formula is C16H24N4O. The van der Waals surface area contributed by atoms with Crippen molar-refractivity contribution in [3.8, 4) is 6.07 Å². The number of carbonyl (C=O) groups is 1. The molecule has 0 saturated carbocycles. The van der Waals surface area contributed by atoms with Crippen molar-refractivity contribution >= 4 is 11.6 Å². The molecule has 114 valence electrons. The molecule has 0 bridgehead atoms. The molecule has 0 unspecified atom stereocenters. The summed E-state index contributed by atoms with van der Waals surface area (Å²) in [5, 5.41) is 9.24. The number of hydrogen-bond acceptors (Lipinski definition) is 3. The largest absolute Gasteiger partial charge is 0.397 e. The zero-order chi connectivity index (χ0) is 15.4. The van der Waals surface area contributed by atoms with E-state index >= 15 is 0 Å². The fraction of sp³-hybridized carbons (Fsp3) is 0.625. The van der Waals surface area contributed by atoms with E-state index in [1.165, 1.54) is 6.42 Å². The van der Waals surface area contributed by atoms with Gasteiger partial charge in [-0.1, -0.05) is 20.3 Å². The summed E-state index contributed by atoms with van der Waals surface area (Å²) >= 11 is 0. The van der Waals surface area contributed by atoms with E-state index in [1.54, 1.807) is 10.6 Å². The number of rotatable bonds is 4. The van der Waals surface area contributed by atoms with Crippen molar-refractivity contribution < 1.29 is 4.79 Å². The number of aromatic nitrogens is 1. The number of nitrogens with zero attached hydrogens (tertiary/aromatic N) is 3. The lowest BCUT2D eigenvalue weighted by molar-refractivity contribution is -0.133. The number of nitrogens with two attached hydrogens (primary N) is 1. The van der Waals surface area contributed by atoms with Crippen LogP contribution in [-0.2, 0) is 17.8 Å². The SMILES string of the molecule is CCCc1c(N)cc(C#N)n1CC(=O)N1CCC[C@H](C)C1. The van der Waals surface area contributed by atoms with Crippen molar-refractivity contribution in [3.63, 3.8) is 0 Å². The fourth-order valence-corrected chi connectivity index (χ4v) is 3.05. The van der Waals surface area contributed by atoms with Crippen molar-refractivity contribution in [3.05, 3.63) is 17.5 Å². The summed E-state index contributed by atoms with van der Waals surface area (Å²) in [5.41, 5.74) is 7.99. The van der Waals surface area contributed by atoms with Crippen LogP contribution >= 0.6 is 0 Å². The maximum Gasteiger partial charge on any atom is 0.242 e. The highest BCUT2D eigenvalue weighted by Crippen LogP contribution is 2.21. The Bertz CT molecular complexity index is 555. The number of nitriles is 1. The van der Waals surface area contributed by atoms with Crippen molar-refractivity contribution in [1.82, 2.24) is 9.47 Å². The van der Waals surface area contributed by atoms with Crippen LogP contribution in [0.15, 0.2) is 6.07 Å². The molecule has 2 rings (SSSR count). The van der Waals surface area contributed by atoms with E-state index < -0.39 is 0 Å². The van der Waals surface area contributed by atoms with Crippen LogP contribution in [0.3, 0.4) is 0 Å². The van der Waals surface area contributed by atoms with Gasteiger partial charge in [0.15, 0.2) is 0 Å². The minimum Gasteiger partial charge on any atom is -0.397 e. The zero-order valence-corrected chi connectivity index (χ0v) is 12.9. The Labute approximate surface area is 126 Å². The van der Waals surface area contributed by atoms with E-state index in [-0.39, 0.29) is 12.5 Å². The van der Waals surface area contributed by atoms with Crippen LogP contribution in [0.25, 0.3) is 0 Å². The molecule has 1 atom stereocenters. The van der Waals surface area contributed by atoms with Gasteiger partial charge in [0.05, 0.1) is 5.69 Å². The zero-order valence-electron chi connectivity index (χ0n) is 12.9. The molecule has 1 amide bonds. The maximum atomic E-state index is 12.5. The van der Waals surface area contributed by atoms with E-state index in [9.17, 15) is 10.1 Å². The lowest BCUT2D eigenvalue weighted by atomic mass is 10.0. The highest BCUT2D eigenvalue weighted by Gasteiger charge is 2.23. The highest BCUT2D eigenvalue weighted by molar-refractivity contribution is 5.77. The summed E-state index contributed by atoms with van der Waals surface area (Å²) in [6.45, 7) is 6.11. The molecule has 21 heavy (non-hydrogen) atoms. The fourth-order valence-electron chi connectivity index (χ4n) is 3.05. The molecule has 2 heterocycles. The van der Waals surface area contributed by atoms with Crippen molar-refractivity contribution in [2.45, 2.75) is 46.1 Å². The average Bonchev–Trinajstić information content (AvgIpc) is 2.76. The van der Waals surface area contributed by atoms with Gasteiger partial charge in [-0.25, -0.2) is 0 Å². The van der Waals surface area contributed by atoms with Gasteiger partial charge in [-0.2, -0.15) is 5.26 Å². The smallest absolute Gasteiger partial charge is 0.242 e. The minimum absolute atomic E-state index is 0.0889. The first-order chi connectivity index (χ1) is 10.1. The predicted molar refractivity (Wildman–Crippen MR) is 82.5 cm³/mol. The van der Waals surface area contributed by atoms with Gasteiger partial charge in [-0.3, -0.25) is 4.79 Å². The Kier molecular flexibility index (Phi) is 4.89. The van der Waals surface area contributed by atoms with E-state index in [1.807, 2.05) is 4.90 Å². The Morgan fingerprint density at radius 3 is 2.95 bits per heavy atom. The number of anilines is 1. The molecule has 1 aromatic rings. The van der Waals surface area contributed by atoms with Gasteiger partial charge in [-0.05, 0) is 31.2 Å². The second-order valence-electron chi connectivity index (χ2n) is 5.97. The summed E-state index contributed by atoms with van der Waals surface area (Å²) in [6, 6.07) is 3.82. The number of carbonyl (C=O) groups excluding carboxylic acids is 1. The first kappa shape index (κ1) is 15.4. The lowest BCUT2D eigenvalue weighted by Gasteiger charge is -2.31. The molecule has 1 aliphatic rings. The lowest BCUT2D eigenvalue weighted by Crippen LogP contribution is -2.41. The van der Waals surface area contributed by atoms with Crippen LogP contribution in [-0.4, -0.2) is 28.5 Å². The predicted octanol–water partition coefficient (Wildman–Crippen LogP) is 2.15. The quantitative estimate of drug-likeness (QED) is 0.922. The third kappa shape index (κ3) is 3.38. The van der Waals surface area contributed by atoms with Crippen molar-refractivity contribution in [1.29, 1.82) is 5.26 Å². The van der Waals surface area contributed by atoms with Crippen LogP contribution in [0, 0.1) is 17.2 Å². The van der Waals surface area contributed by atoms with E-state index in [0.717, 1.165) is 38.0 Å². The molecule has 0 spiro atoms. The van der Waals surface area contributed by atoms with Crippen molar-refractivity contribution in [2.75, 3.05) is 18.8 Å². The van der Waals surface area contributed by atoms with Gasteiger partial charge in [0, 0.05) is 18.8 Å². The van der Waals surface area contributed by atoms with Crippen LogP contribution in [0.5, 0.6) is 0 Å². The second-order valence-corrected chi connectivity index (χ2v) is 5.97. The van der Waals surface area contributed by atoms with Crippen LogP contribution in [0.2, 0.25) is 0 Å². The molecule has 0 aliphatic carbocycles. The summed E-state index contributed by atoms with van der Waals surface area (Å²) in [4.78, 5) is 14.4. The highest BCUT2D eigenvalue weighted by atomic mass is 16.2. The Hall–Kier alpha value is -1.96. The molecule has 5 nitrogen and oxygen atoms in total. The van der Waals surface area contributed by atoms with E-state index in [0.29, 0.717) is 17.3 Å². The molecule has 1 aromatic heterocycles. The maximum absolute atomic E-state index is 12.5. The van der Waals surface area contributed by atoms with Gasteiger partial charge in [-0.15, -0.1) is 0 Å². The topological polar surface area (TPSA) is 75.0 Å². The number of likely N-dealkylation sites (tertiary alicyclic amines) is 1. The monoisotopic (exact) mass is 288 g/mol. The number of piperidine rings is 1. The van der Waals surface area contributed by atoms with Crippen LogP contribution in [0.1, 0.15) is 44.5 Å². The molecule has 1 aliphatic heterocycles. The first-order valence-corrected chi connectivity index (χ1v) is 7.72. The Morgan fingerprint density at radius 1 is 1.57 bits per heavy atom. The normalized spacial score (nSPS) is 18.5. The molecular weight excluding hydrogens is 264 g/mol. The van der Waals surface area contributed by atoms with Crippen molar-refractivity contribution in [2.24, 2.45) is 5.92 Å². The average molecular weight is 288 g/mol. The van der Waals surface area contributed by atoms with Gasteiger partial charge in [0.25, 0.3) is 0 Å². The Balaban J connectivity index is 2.18. The second kappa shape index (κ2) is 6.66. The minimum atomic E-state index is 0.0889. The third-order valence-electron chi connectivity index (χ3n) is 4.15. The summed E-state index contributed by atoms with van der Waals surface area (Å²) in [6.07, 6.45) is 3.98. The first-order valence-electron chi connectivity index (χ1n) is 7.72. The Morgan fingerprint density at radius 2 is 2.33 bits per heavy atom. The molecule has 0 radical (unpaired) electrons. The summed E-state index contributed by atoms with van der Waals surface area (Å²) < 4.78 is 1.79. The number of hydrogen-bond donors (Lipinski definition) is 1. The van der Waals surface area contributed by atoms with Gasteiger partial charge >= 0.3 is 0 Å². The molecule has 0 aromatic carbocycles. The number of amides is 1. The van der Waals surface area contributed by atoms with E-state index in [4.69, 9.17) is 5.73 Å². The molecule has 5 heteroatoms. The van der Waals surface area contributed by atoms with Gasteiger partial charge in [0.2, 0.25) is 5.91 Å². The van der Waals surface area contributed by atoms with Gasteiger partial charge < -0.3 is 15.2 Å². The molecule has 2 N–H and O–H groups in total. The van der Waals surface area contributed by atoms with Gasteiger partial charge in [0.1, 0.15) is 18.3 Å². The summed E-state index contributed by atoms with van der Waals surface area (Å²) in [5.74, 6) is 0.647.